The number of rotatable bonds is 0. The standard InChI is InChI=1S/C11H19N/c1-2-8-4-5-10-7-12-6-9(3-1)11(8)10/h8-12H,1-7H2/t8?,9-,10?,11?/m1/s1. The van der Waals surface area contributed by atoms with E-state index in [0.717, 1.165) is 23.7 Å². The molecule has 3 rings (SSSR count). The highest BCUT2D eigenvalue weighted by atomic mass is 14.9. The van der Waals surface area contributed by atoms with Crippen molar-refractivity contribution in [3.63, 3.8) is 0 Å². The van der Waals surface area contributed by atoms with Crippen LogP contribution < -0.4 is 5.32 Å². The number of nitrogens with one attached hydrogen (secondary N) is 1. The monoisotopic (exact) mass is 165 g/mol. The molecule has 3 fully saturated rings. The van der Waals surface area contributed by atoms with Gasteiger partial charge >= 0.3 is 0 Å². The lowest BCUT2D eigenvalue weighted by Gasteiger charge is -2.41. The highest BCUT2D eigenvalue weighted by Gasteiger charge is 2.44. The van der Waals surface area contributed by atoms with Crippen LogP contribution in [0, 0.1) is 23.7 Å². The van der Waals surface area contributed by atoms with E-state index in [1.165, 1.54) is 32.4 Å². The van der Waals surface area contributed by atoms with Crippen molar-refractivity contribution >= 4 is 0 Å². The summed E-state index contributed by atoms with van der Waals surface area (Å²) in [5.41, 5.74) is 0. The van der Waals surface area contributed by atoms with E-state index in [1.54, 1.807) is 12.8 Å². The van der Waals surface area contributed by atoms with Gasteiger partial charge in [-0.2, -0.15) is 0 Å². The Hall–Kier alpha value is -0.0400. The van der Waals surface area contributed by atoms with E-state index in [-0.39, 0.29) is 0 Å². The number of hydrogen-bond acceptors (Lipinski definition) is 1. The van der Waals surface area contributed by atoms with Gasteiger partial charge in [0, 0.05) is 0 Å². The molecule has 1 heteroatoms. The first-order valence-electron chi connectivity index (χ1n) is 5.66. The van der Waals surface area contributed by atoms with Crippen molar-refractivity contribution in [1.29, 1.82) is 0 Å². The second-order valence-corrected chi connectivity index (χ2v) is 5.02. The van der Waals surface area contributed by atoms with Gasteiger partial charge in [-0.05, 0) is 56.0 Å². The van der Waals surface area contributed by atoms with Gasteiger partial charge in [0.25, 0.3) is 0 Å². The highest BCUT2D eigenvalue weighted by Crippen LogP contribution is 2.49. The number of hydrogen-bond donors (Lipinski definition) is 1. The predicted octanol–water partition coefficient (Wildman–Crippen LogP) is 2.03. The zero-order chi connectivity index (χ0) is 7.97. The van der Waals surface area contributed by atoms with E-state index in [4.69, 9.17) is 0 Å². The molecule has 1 aliphatic heterocycles. The molecule has 1 nitrogen and oxygen atoms in total. The Morgan fingerprint density at radius 1 is 0.750 bits per heavy atom. The molecular formula is C11H19N. The van der Waals surface area contributed by atoms with Gasteiger partial charge in [-0.25, -0.2) is 0 Å². The van der Waals surface area contributed by atoms with Crippen LogP contribution in [0.25, 0.3) is 0 Å². The maximum atomic E-state index is 3.61. The molecule has 0 spiro atoms. The molecule has 1 N–H and O–H groups in total. The molecule has 2 aliphatic carbocycles. The molecule has 0 bridgehead atoms. The van der Waals surface area contributed by atoms with Crippen LogP contribution in [0.15, 0.2) is 0 Å². The minimum atomic E-state index is 1.06. The fraction of sp³-hybridized carbons (Fsp3) is 1.00. The molecule has 1 saturated heterocycles. The first kappa shape index (κ1) is 7.37. The van der Waals surface area contributed by atoms with Crippen LogP contribution in [-0.4, -0.2) is 13.1 Å². The van der Waals surface area contributed by atoms with Gasteiger partial charge in [-0.15, -0.1) is 0 Å². The summed E-state index contributed by atoms with van der Waals surface area (Å²) in [5.74, 6) is 4.40. The summed E-state index contributed by atoms with van der Waals surface area (Å²) in [6.45, 7) is 2.66. The van der Waals surface area contributed by atoms with E-state index in [9.17, 15) is 0 Å². The van der Waals surface area contributed by atoms with Crippen LogP contribution in [0.1, 0.15) is 32.1 Å². The van der Waals surface area contributed by atoms with Gasteiger partial charge in [0.1, 0.15) is 0 Å². The highest BCUT2D eigenvalue weighted by molar-refractivity contribution is 4.96. The van der Waals surface area contributed by atoms with Gasteiger partial charge in [-0.1, -0.05) is 12.8 Å². The molecule has 1 heterocycles. The van der Waals surface area contributed by atoms with Crippen molar-refractivity contribution in [3.8, 4) is 0 Å². The Bertz CT molecular complexity index is 160. The Kier molecular flexibility index (Phi) is 1.68. The average molecular weight is 165 g/mol. The van der Waals surface area contributed by atoms with Crippen molar-refractivity contribution in [2.75, 3.05) is 13.1 Å². The molecule has 0 amide bonds. The van der Waals surface area contributed by atoms with Crippen molar-refractivity contribution < 1.29 is 0 Å². The molecule has 0 radical (unpaired) electrons. The molecule has 0 aromatic carbocycles. The molecule has 0 aromatic heterocycles. The quantitative estimate of drug-likeness (QED) is 0.579. The van der Waals surface area contributed by atoms with Gasteiger partial charge in [-0.3, -0.25) is 0 Å². The van der Waals surface area contributed by atoms with Crippen LogP contribution >= 0.6 is 0 Å². The third kappa shape index (κ3) is 0.953. The van der Waals surface area contributed by atoms with E-state index >= 15 is 0 Å². The summed E-state index contributed by atoms with van der Waals surface area (Å²) in [7, 11) is 0. The fourth-order valence-corrected chi connectivity index (χ4v) is 4.07. The first-order valence-corrected chi connectivity index (χ1v) is 5.66. The fourth-order valence-electron chi connectivity index (χ4n) is 4.07. The number of piperidine rings is 1. The maximum absolute atomic E-state index is 3.61. The van der Waals surface area contributed by atoms with Crippen LogP contribution in [0.4, 0.5) is 0 Å². The third-order valence-electron chi connectivity index (χ3n) is 4.50. The van der Waals surface area contributed by atoms with E-state index in [2.05, 4.69) is 5.32 Å². The summed E-state index contributed by atoms with van der Waals surface area (Å²) < 4.78 is 0. The van der Waals surface area contributed by atoms with Crippen molar-refractivity contribution in [1.82, 2.24) is 5.32 Å². The normalized spacial score (nSPS) is 52.0. The molecular weight excluding hydrogens is 146 g/mol. The lowest BCUT2D eigenvalue weighted by Crippen LogP contribution is -2.44. The molecule has 3 unspecified atom stereocenters. The second-order valence-electron chi connectivity index (χ2n) is 5.02. The lowest BCUT2D eigenvalue weighted by atomic mass is 9.69. The van der Waals surface area contributed by atoms with Crippen molar-refractivity contribution in [3.05, 3.63) is 0 Å². The Morgan fingerprint density at radius 3 is 2.33 bits per heavy atom. The molecule has 12 heavy (non-hydrogen) atoms. The second kappa shape index (κ2) is 2.73. The summed E-state index contributed by atoms with van der Waals surface area (Å²) in [5, 5.41) is 3.61. The average Bonchev–Trinajstić information content (AvgIpc) is 2.52. The Labute approximate surface area is 74.9 Å². The van der Waals surface area contributed by atoms with Gasteiger partial charge in [0.15, 0.2) is 0 Å². The van der Waals surface area contributed by atoms with E-state index < -0.39 is 0 Å². The van der Waals surface area contributed by atoms with E-state index in [1.807, 2.05) is 0 Å². The van der Waals surface area contributed by atoms with Gasteiger partial charge in [0.05, 0.1) is 0 Å². The van der Waals surface area contributed by atoms with Crippen LogP contribution in [0.3, 0.4) is 0 Å². The maximum Gasteiger partial charge on any atom is -0.00175 e. The van der Waals surface area contributed by atoms with Crippen molar-refractivity contribution in [2.45, 2.75) is 32.1 Å². The molecule has 2 saturated carbocycles. The van der Waals surface area contributed by atoms with Gasteiger partial charge in [0.2, 0.25) is 0 Å². The minimum Gasteiger partial charge on any atom is -0.316 e. The smallest absolute Gasteiger partial charge is 0.00175 e. The zero-order valence-electron chi connectivity index (χ0n) is 7.76. The molecule has 4 atom stereocenters. The summed E-state index contributed by atoms with van der Waals surface area (Å²) in [6, 6.07) is 0. The largest absolute Gasteiger partial charge is 0.316 e. The third-order valence-corrected chi connectivity index (χ3v) is 4.50. The minimum absolute atomic E-state index is 1.06. The Morgan fingerprint density at radius 2 is 1.42 bits per heavy atom. The summed E-state index contributed by atoms with van der Waals surface area (Å²) in [6.07, 6.45) is 7.66. The van der Waals surface area contributed by atoms with Crippen molar-refractivity contribution in [2.24, 2.45) is 23.7 Å². The van der Waals surface area contributed by atoms with Crippen LogP contribution in [0.5, 0.6) is 0 Å². The zero-order valence-corrected chi connectivity index (χ0v) is 7.76. The molecule has 3 aliphatic rings. The van der Waals surface area contributed by atoms with Crippen LogP contribution in [0.2, 0.25) is 0 Å². The SMILES string of the molecule is C1CC2CCC3CNC[C@@H](C1)C23. The molecule has 0 aromatic rings. The predicted molar refractivity (Wildman–Crippen MR) is 49.9 cm³/mol. The Balaban J connectivity index is 1.84. The lowest BCUT2D eigenvalue weighted by molar-refractivity contribution is 0.108. The topological polar surface area (TPSA) is 12.0 Å². The molecule has 68 valence electrons. The summed E-state index contributed by atoms with van der Waals surface area (Å²) in [4.78, 5) is 0. The van der Waals surface area contributed by atoms with E-state index in [0.29, 0.717) is 0 Å². The van der Waals surface area contributed by atoms with Gasteiger partial charge < -0.3 is 5.32 Å². The van der Waals surface area contributed by atoms with Crippen LogP contribution in [-0.2, 0) is 0 Å². The first-order chi connectivity index (χ1) is 5.95. The summed E-state index contributed by atoms with van der Waals surface area (Å²) >= 11 is 0.